The second kappa shape index (κ2) is 16.6. The minimum atomic E-state index is -1.17. The molecule has 0 N–H and O–H groups in total. The zero-order valence-electron chi connectivity index (χ0n) is 24.0. The Labute approximate surface area is 219 Å². The molecule has 0 aliphatic carbocycles. The molecule has 0 saturated carbocycles. The lowest BCUT2D eigenvalue weighted by molar-refractivity contribution is 0.115. The molecular weight excluding hydrogens is 485 g/mol. The topological polar surface area (TPSA) is 24.9 Å². The molecule has 0 bridgehead atoms. The fraction of sp³-hybridized carbons (Fsp3) is 0.769. The molecule has 0 aliphatic heterocycles. The predicted molar refractivity (Wildman–Crippen MR) is 158 cm³/mol. The summed E-state index contributed by atoms with van der Waals surface area (Å²) < 4.78 is 11.3. The second-order valence-electron chi connectivity index (χ2n) is 9.38. The number of hydrogen-bond acceptors (Lipinski definition) is 4. The van der Waals surface area contributed by atoms with Crippen molar-refractivity contribution in [3.63, 3.8) is 0 Å². The second-order valence-corrected chi connectivity index (χ2v) is 17.9. The minimum Gasteiger partial charge on any atom is -0.397 e. The van der Waals surface area contributed by atoms with Gasteiger partial charge in [0.25, 0.3) is 0 Å². The Bertz CT molecular complexity index is 695. The Morgan fingerprint density at radius 1 is 0.824 bits per heavy atom. The first-order valence-electron chi connectivity index (χ1n) is 13.1. The van der Waals surface area contributed by atoms with Crippen molar-refractivity contribution in [3.05, 3.63) is 22.8 Å². The summed E-state index contributed by atoms with van der Waals surface area (Å²) in [5.41, 5.74) is 4.77. The summed E-state index contributed by atoms with van der Waals surface area (Å²) in [6.45, 7) is 26.1. The van der Waals surface area contributed by atoms with E-state index in [4.69, 9.17) is 8.85 Å². The predicted octanol–water partition coefficient (Wildman–Crippen LogP) is 3.87. The number of benzene rings is 1. The first-order chi connectivity index (χ1) is 16.2. The molecule has 0 aromatic heterocycles. The lowest BCUT2D eigenvalue weighted by Crippen LogP contribution is -2.52. The van der Waals surface area contributed by atoms with Crippen LogP contribution in [0.3, 0.4) is 0 Å². The van der Waals surface area contributed by atoms with E-state index in [9.17, 15) is 0 Å². The van der Waals surface area contributed by atoms with E-state index in [2.05, 4.69) is 76.7 Å². The van der Waals surface area contributed by atoms with Crippen LogP contribution in [0.4, 0.5) is 0 Å². The van der Waals surface area contributed by atoms with E-state index in [0.717, 1.165) is 48.2 Å². The van der Waals surface area contributed by atoms with E-state index < -0.39 is 26.9 Å². The maximum atomic E-state index is 5.63. The summed E-state index contributed by atoms with van der Waals surface area (Å²) in [5, 5.41) is 3.48. The molecule has 193 valence electrons. The molecule has 0 amide bonds. The molecule has 0 spiro atoms. The number of nitrogens with zero attached hydrogens (tertiary/aromatic N) is 2. The van der Waals surface area contributed by atoms with Crippen LogP contribution in [0.1, 0.15) is 44.4 Å². The normalized spacial score (nSPS) is 12.5. The van der Waals surface area contributed by atoms with Crippen LogP contribution in [0.15, 0.2) is 6.07 Å². The Morgan fingerprint density at radius 3 is 1.74 bits per heavy atom. The average molecular weight is 536 g/mol. The van der Waals surface area contributed by atoms with Crippen LogP contribution in [0.2, 0.25) is 38.3 Å². The lowest BCUT2D eigenvalue weighted by Gasteiger charge is -2.38. The van der Waals surface area contributed by atoms with E-state index in [1.165, 1.54) is 18.0 Å². The molecule has 0 atom stereocenters. The van der Waals surface area contributed by atoms with Gasteiger partial charge in [-0.1, -0.05) is 81.9 Å². The van der Waals surface area contributed by atoms with Gasteiger partial charge in [-0.15, -0.1) is 0 Å². The van der Waals surface area contributed by atoms with Gasteiger partial charge in [-0.2, -0.15) is 0 Å². The van der Waals surface area contributed by atoms with Crippen LogP contribution >= 0.6 is 0 Å². The zero-order valence-corrected chi connectivity index (χ0v) is 28.0. The molecule has 0 aliphatic rings. The van der Waals surface area contributed by atoms with E-state index in [1.807, 2.05) is 0 Å². The van der Waals surface area contributed by atoms with Crippen molar-refractivity contribution >= 4 is 46.8 Å². The molecule has 1 aromatic carbocycles. The van der Waals surface area contributed by atoms with Crippen LogP contribution in [0.5, 0.6) is 0 Å². The monoisotopic (exact) mass is 535 g/mol. The average Bonchev–Trinajstić information content (AvgIpc) is 2.81. The van der Waals surface area contributed by atoms with E-state index in [-0.39, 0.29) is 0 Å². The molecular formula is C26H51N2O2Si4. The fourth-order valence-corrected chi connectivity index (χ4v) is 12.7. The van der Waals surface area contributed by atoms with Crippen molar-refractivity contribution in [2.24, 2.45) is 0 Å². The quantitative estimate of drug-likeness (QED) is 0.223. The minimum absolute atomic E-state index is 0.509. The van der Waals surface area contributed by atoms with E-state index in [1.54, 1.807) is 35.7 Å². The molecule has 1 rings (SSSR count). The fourth-order valence-electron chi connectivity index (χ4n) is 5.11. The molecule has 34 heavy (non-hydrogen) atoms. The smallest absolute Gasteiger partial charge is 0.384 e. The van der Waals surface area contributed by atoms with Gasteiger partial charge in [0.05, 0.1) is 27.1 Å². The Kier molecular flexibility index (Phi) is 15.6. The van der Waals surface area contributed by atoms with Gasteiger partial charge >= 0.3 is 9.28 Å². The third-order valence-electron chi connectivity index (χ3n) is 6.80. The lowest BCUT2D eigenvalue weighted by atomic mass is 10.00. The van der Waals surface area contributed by atoms with Gasteiger partial charge in [0.1, 0.15) is 0 Å². The zero-order chi connectivity index (χ0) is 25.8. The van der Waals surface area contributed by atoms with Crippen LogP contribution in [0.25, 0.3) is 0 Å². The van der Waals surface area contributed by atoms with Crippen LogP contribution in [-0.4, -0.2) is 92.4 Å². The van der Waals surface area contributed by atoms with Gasteiger partial charge in [-0.3, -0.25) is 9.80 Å². The van der Waals surface area contributed by atoms with Crippen molar-refractivity contribution in [1.82, 2.24) is 9.80 Å². The van der Waals surface area contributed by atoms with Gasteiger partial charge in [0, 0.05) is 20.0 Å². The molecule has 0 unspecified atom stereocenters. The van der Waals surface area contributed by atoms with Crippen molar-refractivity contribution in [1.29, 1.82) is 0 Å². The summed E-state index contributed by atoms with van der Waals surface area (Å²) >= 11 is 0. The van der Waals surface area contributed by atoms with Crippen molar-refractivity contribution < 1.29 is 8.85 Å². The first kappa shape index (κ1) is 32.0. The highest BCUT2D eigenvalue weighted by molar-refractivity contribution is 6.82. The van der Waals surface area contributed by atoms with Gasteiger partial charge in [-0.25, -0.2) is 0 Å². The Hall–Kier alpha value is -0.0725. The third kappa shape index (κ3) is 8.79. The molecule has 4 nitrogen and oxygen atoms in total. The standard InChI is InChI=1S/C26H51N2O2Si4/c1-12-27(13-2)26(28(14-3)15-4)31-18-16-23-22(17-19-34(29-6)30-7)20-21(5)24(32(8)9)25(23)33(10)11/h20,26H,12-19H2,1-11H3. The van der Waals surface area contributed by atoms with Gasteiger partial charge in [-0.05, 0) is 63.1 Å². The van der Waals surface area contributed by atoms with Crippen molar-refractivity contribution in [3.8, 4) is 0 Å². The first-order valence-corrected chi connectivity index (χ1v) is 20.9. The Morgan fingerprint density at radius 2 is 1.32 bits per heavy atom. The van der Waals surface area contributed by atoms with E-state index >= 15 is 0 Å². The van der Waals surface area contributed by atoms with Gasteiger partial charge in [0.15, 0.2) is 0 Å². The van der Waals surface area contributed by atoms with Crippen LogP contribution in [0, 0.1) is 6.92 Å². The molecule has 0 fully saturated rings. The summed E-state index contributed by atoms with van der Waals surface area (Å²) in [6, 6.07) is 4.81. The van der Waals surface area contributed by atoms with Gasteiger partial charge in [0.2, 0.25) is 0 Å². The summed E-state index contributed by atoms with van der Waals surface area (Å²) in [7, 11) is 2.29. The number of hydrogen-bond donors (Lipinski definition) is 0. The SMILES string of the molecule is CCN(CC)C([Si]CCc1c(CC[Si](OC)OC)cc(C)c([Si](C)C)c1[Si](C)C)N(CC)CC. The number of aryl methyl sites for hydroxylation is 2. The van der Waals surface area contributed by atoms with E-state index in [0.29, 0.717) is 5.79 Å². The molecule has 1 aromatic rings. The third-order valence-corrected chi connectivity index (χ3v) is 13.4. The maximum absolute atomic E-state index is 5.63. The van der Waals surface area contributed by atoms with Crippen LogP contribution < -0.4 is 10.4 Å². The molecule has 0 heterocycles. The molecule has 5 radical (unpaired) electrons. The van der Waals surface area contributed by atoms with Crippen molar-refractivity contribution in [2.45, 2.75) is 91.5 Å². The Balaban J connectivity index is 3.34. The number of rotatable bonds is 17. The molecule has 8 heteroatoms. The summed E-state index contributed by atoms with van der Waals surface area (Å²) in [5.74, 6) is 0.573. The van der Waals surface area contributed by atoms with Crippen molar-refractivity contribution in [2.75, 3.05) is 40.4 Å². The van der Waals surface area contributed by atoms with Gasteiger partial charge < -0.3 is 8.85 Å². The highest BCUT2D eigenvalue weighted by Crippen LogP contribution is 2.18. The highest BCUT2D eigenvalue weighted by atomic mass is 28.3. The highest BCUT2D eigenvalue weighted by Gasteiger charge is 2.25. The van der Waals surface area contributed by atoms with Crippen LogP contribution in [-0.2, 0) is 21.7 Å². The summed E-state index contributed by atoms with van der Waals surface area (Å²) in [6.07, 6.45) is 2.28. The maximum Gasteiger partial charge on any atom is 0.384 e. The molecule has 0 saturated heterocycles. The summed E-state index contributed by atoms with van der Waals surface area (Å²) in [4.78, 5) is 5.32. The largest absolute Gasteiger partial charge is 0.397 e.